The third kappa shape index (κ3) is 5.58. The van der Waals surface area contributed by atoms with E-state index >= 15 is 0 Å². The first-order valence-electron chi connectivity index (χ1n) is 13.9. The van der Waals surface area contributed by atoms with Crippen molar-refractivity contribution in [3.63, 3.8) is 0 Å². The van der Waals surface area contributed by atoms with Crippen molar-refractivity contribution in [2.75, 3.05) is 51.3 Å². The van der Waals surface area contributed by atoms with Crippen molar-refractivity contribution >= 4 is 27.8 Å². The van der Waals surface area contributed by atoms with Gasteiger partial charge in [0, 0.05) is 43.8 Å². The maximum Gasteiger partial charge on any atom is 0.260 e. The zero-order valence-corrected chi connectivity index (χ0v) is 21.4. The summed E-state index contributed by atoms with van der Waals surface area (Å²) in [6, 6.07) is 5.79. The van der Waals surface area contributed by atoms with E-state index in [4.69, 9.17) is 14.5 Å². The number of fused-ring (bicyclic) bond motifs is 3. The molecule has 1 saturated heterocycles. The third-order valence-corrected chi connectivity index (χ3v) is 8.00. The fraction of sp³-hybridized carbons (Fsp3) is 0.607. The van der Waals surface area contributed by atoms with Gasteiger partial charge in [-0.25, -0.2) is 4.98 Å². The number of ether oxygens (including phenoxy) is 2. The predicted molar refractivity (Wildman–Crippen MR) is 143 cm³/mol. The van der Waals surface area contributed by atoms with Crippen LogP contribution in [0.1, 0.15) is 51.0 Å². The van der Waals surface area contributed by atoms with Crippen LogP contribution in [0.15, 0.2) is 29.2 Å². The molecule has 1 aliphatic heterocycles. The average molecular weight is 508 g/mol. The molecule has 3 aliphatic rings. The molecule has 1 aromatic carbocycles. The summed E-state index contributed by atoms with van der Waals surface area (Å²) < 4.78 is 13.3. The van der Waals surface area contributed by atoms with Crippen LogP contribution in [-0.2, 0) is 4.74 Å². The number of anilines is 1. The molecule has 37 heavy (non-hydrogen) atoms. The zero-order valence-electron chi connectivity index (χ0n) is 21.4. The maximum absolute atomic E-state index is 13.9. The van der Waals surface area contributed by atoms with Crippen molar-refractivity contribution in [2.24, 2.45) is 5.92 Å². The number of morpholine rings is 1. The van der Waals surface area contributed by atoms with Crippen LogP contribution in [0, 0.1) is 5.92 Å². The minimum Gasteiger partial charge on any atom is -0.494 e. The summed E-state index contributed by atoms with van der Waals surface area (Å²) in [5.41, 5.74) is 0.626. The summed E-state index contributed by atoms with van der Waals surface area (Å²) >= 11 is 0. The molecule has 9 heteroatoms. The van der Waals surface area contributed by atoms with Crippen LogP contribution in [0.4, 0.5) is 5.95 Å². The smallest absolute Gasteiger partial charge is 0.260 e. The molecule has 3 heterocycles. The van der Waals surface area contributed by atoms with Crippen molar-refractivity contribution in [2.45, 2.75) is 57.1 Å². The van der Waals surface area contributed by atoms with E-state index in [1.54, 1.807) is 0 Å². The van der Waals surface area contributed by atoms with Crippen LogP contribution in [0.25, 0.3) is 21.8 Å². The maximum atomic E-state index is 13.9. The van der Waals surface area contributed by atoms with Crippen molar-refractivity contribution in [3.05, 3.63) is 34.7 Å². The Morgan fingerprint density at radius 3 is 2.65 bits per heavy atom. The monoisotopic (exact) mass is 507 g/mol. The highest BCUT2D eigenvalue weighted by Crippen LogP contribution is 2.33. The minimum absolute atomic E-state index is 0.00655. The Balaban J connectivity index is 1.29. The molecule has 0 atom stereocenters. The van der Waals surface area contributed by atoms with E-state index < -0.39 is 0 Å². The molecule has 6 rings (SSSR count). The first kappa shape index (κ1) is 24.6. The first-order valence-corrected chi connectivity index (χ1v) is 13.9. The van der Waals surface area contributed by atoms with Gasteiger partial charge in [0.15, 0.2) is 0 Å². The number of aliphatic hydroxyl groups excluding tert-OH is 1. The minimum atomic E-state index is -0.290. The summed E-state index contributed by atoms with van der Waals surface area (Å²) in [5.74, 6) is 1.98. The highest BCUT2D eigenvalue weighted by Gasteiger charge is 2.26. The van der Waals surface area contributed by atoms with Crippen molar-refractivity contribution < 1.29 is 14.6 Å². The number of aliphatic hydroxyl groups is 1. The van der Waals surface area contributed by atoms with Crippen LogP contribution in [0.5, 0.6) is 5.75 Å². The molecule has 3 aromatic rings. The Morgan fingerprint density at radius 2 is 1.86 bits per heavy atom. The Morgan fingerprint density at radius 1 is 1.05 bits per heavy atom. The van der Waals surface area contributed by atoms with E-state index in [9.17, 15) is 9.90 Å². The lowest BCUT2D eigenvalue weighted by Gasteiger charge is -2.28. The van der Waals surface area contributed by atoms with Gasteiger partial charge in [-0.1, -0.05) is 0 Å². The van der Waals surface area contributed by atoms with E-state index in [-0.39, 0.29) is 17.7 Å². The molecule has 2 aromatic heterocycles. The van der Waals surface area contributed by atoms with Crippen molar-refractivity contribution in [3.8, 4) is 5.75 Å². The number of nitrogens with one attached hydrogen (secondary N) is 1. The number of nitrogens with zero attached hydrogens (tertiary/aromatic N) is 4. The molecule has 2 N–H and O–H groups in total. The van der Waals surface area contributed by atoms with Gasteiger partial charge in [-0.15, -0.1) is 0 Å². The van der Waals surface area contributed by atoms with Crippen LogP contribution in [0.2, 0.25) is 0 Å². The molecule has 0 unspecified atom stereocenters. The SMILES string of the molecule is O=c1c2cc(OCCCN3CCOCC3)ccc2c2cnc(NCC3CC3)nc2n1[C@H]1CC[C@H](O)CC1. The Hall–Kier alpha value is -2.75. The second kappa shape index (κ2) is 10.9. The lowest BCUT2D eigenvalue weighted by atomic mass is 9.92. The number of benzene rings is 1. The molecule has 0 spiro atoms. The fourth-order valence-electron chi connectivity index (χ4n) is 5.60. The number of hydrogen-bond donors (Lipinski definition) is 2. The molecule has 2 saturated carbocycles. The van der Waals surface area contributed by atoms with E-state index in [0.717, 1.165) is 69.4 Å². The van der Waals surface area contributed by atoms with E-state index in [1.807, 2.05) is 29.0 Å². The number of aromatic nitrogens is 3. The van der Waals surface area contributed by atoms with E-state index in [0.29, 0.717) is 48.1 Å². The van der Waals surface area contributed by atoms with Gasteiger partial charge in [0.05, 0.1) is 31.3 Å². The quantitative estimate of drug-likeness (QED) is 0.336. The highest BCUT2D eigenvalue weighted by molar-refractivity contribution is 6.04. The van der Waals surface area contributed by atoms with Crippen LogP contribution in [0.3, 0.4) is 0 Å². The molecule has 0 radical (unpaired) electrons. The van der Waals surface area contributed by atoms with Gasteiger partial charge in [0.25, 0.3) is 5.56 Å². The lowest BCUT2D eigenvalue weighted by Crippen LogP contribution is -2.37. The van der Waals surface area contributed by atoms with Gasteiger partial charge in [-0.05, 0) is 74.4 Å². The van der Waals surface area contributed by atoms with Gasteiger partial charge in [0.1, 0.15) is 11.4 Å². The second-order valence-electron chi connectivity index (χ2n) is 10.8. The van der Waals surface area contributed by atoms with E-state index in [1.165, 1.54) is 12.8 Å². The first-order chi connectivity index (χ1) is 18.2. The molecular weight excluding hydrogens is 470 g/mol. The molecule has 2 aliphatic carbocycles. The molecular formula is C28H37N5O4. The van der Waals surface area contributed by atoms with Gasteiger partial charge >= 0.3 is 0 Å². The van der Waals surface area contributed by atoms with Crippen LogP contribution >= 0.6 is 0 Å². The standard InChI is InChI=1S/C28H37N5O4/c34-21-6-4-20(5-7-21)33-26-25(18-30-28(31-26)29-17-19-2-3-19)23-9-8-22(16-24(23)27(33)35)37-13-1-10-32-11-14-36-15-12-32/h8-9,16,18-21,34H,1-7,10-15,17H2,(H,29,30,31)/t20-,21-. The summed E-state index contributed by atoms with van der Waals surface area (Å²) in [4.78, 5) is 25.8. The van der Waals surface area contributed by atoms with Gasteiger partial charge in [0.2, 0.25) is 5.95 Å². The third-order valence-electron chi connectivity index (χ3n) is 8.00. The van der Waals surface area contributed by atoms with Crippen LogP contribution < -0.4 is 15.6 Å². The predicted octanol–water partition coefficient (Wildman–Crippen LogP) is 3.34. The molecule has 9 nitrogen and oxygen atoms in total. The zero-order chi connectivity index (χ0) is 25.2. The highest BCUT2D eigenvalue weighted by atomic mass is 16.5. The summed E-state index contributed by atoms with van der Waals surface area (Å²) in [5, 5.41) is 15.8. The number of rotatable bonds is 9. The van der Waals surface area contributed by atoms with Crippen molar-refractivity contribution in [1.29, 1.82) is 0 Å². The Bertz CT molecular complexity index is 1290. The van der Waals surface area contributed by atoms with Gasteiger partial charge < -0.3 is 19.9 Å². The summed E-state index contributed by atoms with van der Waals surface area (Å²) in [6.45, 7) is 5.99. The summed E-state index contributed by atoms with van der Waals surface area (Å²) in [6.07, 6.45) is 7.88. The normalized spacial score (nSPS) is 22.9. The average Bonchev–Trinajstić information content (AvgIpc) is 3.76. The molecule has 0 bridgehead atoms. The Labute approximate surface area is 216 Å². The van der Waals surface area contributed by atoms with Gasteiger partial charge in [-0.2, -0.15) is 4.98 Å². The fourth-order valence-corrected chi connectivity index (χ4v) is 5.60. The van der Waals surface area contributed by atoms with Crippen molar-refractivity contribution in [1.82, 2.24) is 19.4 Å². The number of pyridine rings is 1. The molecule has 0 amide bonds. The van der Waals surface area contributed by atoms with Gasteiger partial charge in [-0.3, -0.25) is 14.3 Å². The van der Waals surface area contributed by atoms with Crippen LogP contribution in [-0.4, -0.2) is 76.6 Å². The van der Waals surface area contributed by atoms with E-state index in [2.05, 4.69) is 15.2 Å². The second-order valence-corrected chi connectivity index (χ2v) is 10.8. The molecule has 198 valence electrons. The summed E-state index contributed by atoms with van der Waals surface area (Å²) in [7, 11) is 0. The largest absolute Gasteiger partial charge is 0.494 e. The number of hydrogen-bond acceptors (Lipinski definition) is 8. The lowest BCUT2D eigenvalue weighted by molar-refractivity contribution is 0.0358. The topological polar surface area (TPSA) is 102 Å². The molecule has 3 fully saturated rings. The Kier molecular flexibility index (Phi) is 7.26.